The van der Waals surface area contributed by atoms with E-state index in [9.17, 15) is 23.3 Å². The maximum atomic E-state index is 13.9. The van der Waals surface area contributed by atoms with E-state index in [1.807, 2.05) is 37.4 Å². The Morgan fingerprint density at radius 3 is 2.45 bits per heavy atom. The first-order valence-corrected chi connectivity index (χ1v) is 15.8. The number of nitro benzene ring substituents is 1. The van der Waals surface area contributed by atoms with Crippen LogP contribution in [-0.4, -0.2) is 48.1 Å². The number of halogens is 1. The van der Waals surface area contributed by atoms with Crippen molar-refractivity contribution in [1.82, 2.24) is 9.21 Å². The number of hydrogen-bond donors (Lipinski definition) is 0. The van der Waals surface area contributed by atoms with Crippen LogP contribution in [0.4, 0.5) is 5.69 Å². The second-order valence-corrected chi connectivity index (χ2v) is 14.8. The van der Waals surface area contributed by atoms with Gasteiger partial charge < -0.3 is 4.90 Å². The molecule has 0 aliphatic carbocycles. The zero-order chi connectivity index (χ0) is 29.4. The van der Waals surface area contributed by atoms with Crippen molar-refractivity contribution in [3.8, 4) is 0 Å². The molecule has 0 bridgehead atoms. The minimum absolute atomic E-state index is 0.0173. The van der Waals surface area contributed by atoms with E-state index in [0.717, 1.165) is 21.5 Å². The first kappa shape index (κ1) is 30.2. The Hall–Kier alpha value is -2.79. The Kier molecular flexibility index (Phi) is 8.75. The number of thiophene rings is 1. The molecular formula is C29H34ClN3O5S2. The van der Waals surface area contributed by atoms with Crippen LogP contribution in [0.2, 0.25) is 5.02 Å². The normalized spacial score (nSPS) is 15.9. The molecule has 1 unspecified atom stereocenters. The summed E-state index contributed by atoms with van der Waals surface area (Å²) < 4.78 is 28.5. The number of amides is 1. The maximum Gasteiger partial charge on any atom is 0.289 e. The van der Waals surface area contributed by atoms with Gasteiger partial charge in [-0.2, -0.15) is 4.31 Å². The number of nitro groups is 1. The molecule has 4 rings (SSSR count). The van der Waals surface area contributed by atoms with E-state index in [1.165, 1.54) is 22.6 Å². The fourth-order valence-corrected chi connectivity index (χ4v) is 7.61. The van der Waals surface area contributed by atoms with Crippen LogP contribution in [-0.2, 0) is 26.7 Å². The van der Waals surface area contributed by atoms with E-state index < -0.39 is 20.6 Å². The van der Waals surface area contributed by atoms with Crippen LogP contribution in [0.25, 0.3) is 0 Å². The third kappa shape index (κ3) is 6.25. The molecule has 40 heavy (non-hydrogen) atoms. The van der Waals surface area contributed by atoms with Crippen LogP contribution >= 0.6 is 22.9 Å². The average Bonchev–Trinajstić information content (AvgIpc) is 3.36. The second kappa shape index (κ2) is 11.6. The molecule has 0 saturated carbocycles. The van der Waals surface area contributed by atoms with E-state index in [0.29, 0.717) is 13.0 Å². The molecule has 0 N–H and O–H groups in total. The zero-order valence-electron chi connectivity index (χ0n) is 23.3. The molecule has 1 aliphatic heterocycles. The van der Waals surface area contributed by atoms with Gasteiger partial charge in [-0.25, -0.2) is 8.42 Å². The Balaban J connectivity index is 1.69. The molecule has 0 saturated heterocycles. The topological polar surface area (TPSA) is 101 Å². The van der Waals surface area contributed by atoms with Gasteiger partial charge in [-0.15, -0.1) is 11.3 Å². The number of carbonyl (C=O) groups is 1. The molecule has 0 fully saturated rings. The second-order valence-electron chi connectivity index (χ2n) is 11.5. The summed E-state index contributed by atoms with van der Waals surface area (Å²) in [4.78, 5) is 27.3. The number of sulfonamides is 1. The minimum Gasteiger partial charge on any atom is -0.330 e. The highest BCUT2D eigenvalue weighted by atomic mass is 35.5. The fraction of sp³-hybridized carbons (Fsp3) is 0.414. The fourth-order valence-electron chi connectivity index (χ4n) is 4.95. The van der Waals surface area contributed by atoms with Gasteiger partial charge >= 0.3 is 0 Å². The molecule has 2 heterocycles. The van der Waals surface area contributed by atoms with Crippen LogP contribution in [0.5, 0.6) is 0 Å². The molecule has 3 aromatic rings. The molecule has 214 valence electrons. The molecule has 2 aromatic carbocycles. The predicted molar refractivity (Wildman–Crippen MR) is 158 cm³/mol. The van der Waals surface area contributed by atoms with Gasteiger partial charge in [0.05, 0.1) is 22.4 Å². The Morgan fingerprint density at radius 2 is 1.85 bits per heavy atom. The summed E-state index contributed by atoms with van der Waals surface area (Å²) in [5.41, 5.74) is 2.68. The number of rotatable bonds is 8. The minimum atomic E-state index is -4.23. The molecule has 11 heteroatoms. The van der Waals surface area contributed by atoms with E-state index in [-0.39, 0.29) is 46.3 Å². The summed E-state index contributed by atoms with van der Waals surface area (Å²) in [6.45, 7) is 10.3. The molecule has 1 aliphatic rings. The van der Waals surface area contributed by atoms with Gasteiger partial charge in [0.15, 0.2) is 0 Å². The van der Waals surface area contributed by atoms with Crippen molar-refractivity contribution >= 4 is 44.6 Å². The largest absolute Gasteiger partial charge is 0.330 e. The van der Waals surface area contributed by atoms with Crippen molar-refractivity contribution in [2.45, 2.75) is 57.4 Å². The van der Waals surface area contributed by atoms with Crippen molar-refractivity contribution in [2.75, 3.05) is 19.6 Å². The highest BCUT2D eigenvalue weighted by Gasteiger charge is 2.36. The van der Waals surface area contributed by atoms with Crippen molar-refractivity contribution in [3.63, 3.8) is 0 Å². The highest BCUT2D eigenvalue weighted by Crippen LogP contribution is 2.39. The molecule has 1 aromatic heterocycles. The zero-order valence-corrected chi connectivity index (χ0v) is 25.6. The molecule has 0 spiro atoms. The van der Waals surface area contributed by atoms with Gasteiger partial charge in [0.2, 0.25) is 15.9 Å². The number of hydrogen-bond acceptors (Lipinski definition) is 6. The van der Waals surface area contributed by atoms with Crippen LogP contribution in [0.15, 0.2) is 58.8 Å². The summed E-state index contributed by atoms with van der Waals surface area (Å²) in [6, 6.07) is 13.4. The summed E-state index contributed by atoms with van der Waals surface area (Å²) in [5.74, 6) is -0.412. The van der Waals surface area contributed by atoms with Crippen LogP contribution in [0, 0.1) is 16.0 Å². The Labute approximate surface area is 244 Å². The van der Waals surface area contributed by atoms with Crippen LogP contribution in [0.1, 0.15) is 62.2 Å². The molecule has 8 nitrogen and oxygen atoms in total. The number of carbonyl (C=O) groups excluding carboxylic acids is 1. The van der Waals surface area contributed by atoms with Gasteiger partial charge in [-0.3, -0.25) is 14.9 Å². The molecular weight excluding hydrogens is 570 g/mol. The van der Waals surface area contributed by atoms with Crippen LogP contribution < -0.4 is 0 Å². The summed E-state index contributed by atoms with van der Waals surface area (Å²) in [7, 11) is -4.23. The van der Waals surface area contributed by atoms with Gasteiger partial charge in [-0.1, -0.05) is 70.5 Å². The first-order chi connectivity index (χ1) is 18.7. The van der Waals surface area contributed by atoms with E-state index in [1.54, 1.807) is 16.2 Å². The van der Waals surface area contributed by atoms with Crippen molar-refractivity contribution in [2.24, 2.45) is 5.92 Å². The Bertz CT molecular complexity index is 1510. The summed E-state index contributed by atoms with van der Waals surface area (Å²) in [6.07, 6.45) is 0.690. The number of fused-ring (bicyclic) bond motifs is 1. The third-order valence-corrected chi connectivity index (χ3v) is 10.1. The third-order valence-electron chi connectivity index (χ3n) is 7.01. The van der Waals surface area contributed by atoms with Gasteiger partial charge in [-0.05, 0) is 58.0 Å². The highest BCUT2D eigenvalue weighted by molar-refractivity contribution is 7.89. The lowest BCUT2D eigenvalue weighted by molar-refractivity contribution is -0.384. The number of nitrogens with zero attached hydrogens (tertiary/aromatic N) is 3. The predicted octanol–water partition coefficient (Wildman–Crippen LogP) is 6.43. The van der Waals surface area contributed by atoms with E-state index in [4.69, 9.17) is 11.6 Å². The molecule has 1 atom stereocenters. The van der Waals surface area contributed by atoms with Crippen molar-refractivity contribution in [3.05, 3.63) is 90.6 Å². The smallest absolute Gasteiger partial charge is 0.289 e. The first-order valence-electron chi connectivity index (χ1n) is 13.1. The Morgan fingerprint density at radius 1 is 1.18 bits per heavy atom. The lowest BCUT2D eigenvalue weighted by Crippen LogP contribution is -2.47. The average molecular weight is 604 g/mol. The van der Waals surface area contributed by atoms with Gasteiger partial charge in [0.1, 0.15) is 5.02 Å². The quantitative estimate of drug-likeness (QED) is 0.218. The van der Waals surface area contributed by atoms with E-state index in [2.05, 4.69) is 32.9 Å². The van der Waals surface area contributed by atoms with E-state index >= 15 is 0 Å². The van der Waals surface area contributed by atoms with Crippen molar-refractivity contribution < 1.29 is 18.1 Å². The molecule has 0 radical (unpaired) electrons. The summed E-state index contributed by atoms with van der Waals surface area (Å²) >= 11 is 7.59. The SMILES string of the molecule is CC(C)CN(CC(=O)N1CCc2sccc2C1c1ccc(C(C)(C)C)cc1)S(=O)(=O)c1ccc(Cl)c([N+](=O)[O-])c1. The monoisotopic (exact) mass is 603 g/mol. The lowest BCUT2D eigenvalue weighted by Gasteiger charge is -2.38. The van der Waals surface area contributed by atoms with Gasteiger partial charge in [0.25, 0.3) is 5.69 Å². The standard InChI is InChI=1S/C29H34ClN3O5S2/c1-19(2)17-31(40(37,38)22-10-11-24(30)25(16-22)33(35)36)18-27(34)32-14-12-26-23(13-15-39-26)28(32)20-6-8-21(9-7-20)29(3,4)5/h6-11,13,15-16,19,28H,12,14,17-18H2,1-5H3. The van der Waals surface area contributed by atoms with Gasteiger partial charge in [0, 0.05) is 24.0 Å². The lowest BCUT2D eigenvalue weighted by atomic mass is 9.85. The van der Waals surface area contributed by atoms with Crippen LogP contribution in [0.3, 0.4) is 0 Å². The number of benzene rings is 2. The summed E-state index contributed by atoms with van der Waals surface area (Å²) in [5, 5.41) is 13.3. The molecule has 1 amide bonds. The maximum absolute atomic E-state index is 13.9. The van der Waals surface area contributed by atoms with Crippen molar-refractivity contribution in [1.29, 1.82) is 0 Å².